The molecule has 4 aromatic rings. The first kappa shape index (κ1) is 23.6. The van der Waals surface area contributed by atoms with E-state index >= 15 is 0 Å². The zero-order valence-corrected chi connectivity index (χ0v) is 21.0. The third-order valence-corrected chi connectivity index (χ3v) is 8.21. The van der Waals surface area contributed by atoms with Crippen molar-refractivity contribution in [3.05, 3.63) is 65.9 Å². The molecule has 10 nitrogen and oxygen atoms in total. The summed E-state index contributed by atoms with van der Waals surface area (Å²) in [5.41, 5.74) is 9.12. The normalized spacial score (nSPS) is 24.4. The molecule has 1 saturated carbocycles. The summed E-state index contributed by atoms with van der Waals surface area (Å²) in [6.07, 6.45) is 9.17. The van der Waals surface area contributed by atoms with Crippen LogP contribution in [-0.2, 0) is 18.6 Å². The number of ether oxygens (including phenoxy) is 2. The first-order valence-electron chi connectivity index (χ1n) is 11.7. The van der Waals surface area contributed by atoms with E-state index in [1.807, 2.05) is 13.0 Å². The summed E-state index contributed by atoms with van der Waals surface area (Å²) in [6.45, 7) is 1.68. The maximum atomic E-state index is 14.0. The maximum Gasteiger partial charge on any atom is 0.233 e. The van der Waals surface area contributed by atoms with Crippen LogP contribution in [0.25, 0.3) is 11.0 Å². The fraction of sp³-hybridized carbons (Fsp3) is 0.360. The number of fused-ring (bicyclic) bond motifs is 2. The van der Waals surface area contributed by atoms with Crippen molar-refractivity contribution in [2.75, 3.05) is 13.8 Å². The second kappa shape index (κ2) is 8.94. The fourth-order valence-electron chi connectivity index (χ4n) is 5.02. The standard InChI is InChI=1S/C25H24FN7O3S/c1-24(18-9-25(18,13-26)37-23(27)33-24)15-7-14(10-31-22(15)34-2)8-17-21-16(3-4-28-17)32-19(11-30-21)36-12-20-29-5-6-35-20/h3-7,10-11,18H,8-9,12-13H2,1-2H3,(H2,27,33)/t18-,24+,25+/m0/s1. The highest BCUT2D eigenvalue weighted by Gasteiger charge is 2.67. The number of methoxy groups -OCH3 is 1. The highest BCUT2D eigenvalue weighted by molar-refractivity contribution is 8.15. The second-order valence-corrected chi connectivity index (χ2v) is 10.7. The summed E-state index contributed by atoms with van der Waals surface area (Å²) in [6, 6.07) is 3.78. The number of aromatic nitrogens is 5. The summed E-state index contributed by atoms with van der Waals surface area (Å²) in [7, 11) is 1.57. The van der Waals surface area contributed by atoms with Crippen molar-refractivity contribution in [3.8, 4) is 11.8 Å². The third kappa shape index (κ3) is 4.14. The molecule has 1 aliphatic heterocycles. The van der Waals surface area contributed by atoms with Crippen molar-refractivity contribution in [1.82, 2.24) is 24.9 Å². The monoisotopic (exact) mass is 521 g/mol. The minimum absolute atomic E-state index is 0.00426. The van der Waals surface area contributed by atoms with Gasteiger partial charge in [0, 0.05) is 30.3 Å². The molecule has 4 aromatic heterocycles. The molecular formula is C25H24FN7O3S. The Balaban J connectivity index is 1.30. The van der Waals surface area contributed by atoms with Gasteiger partial charge < -0.3 is 19.6 Å². The van der Waals surface area contributed by atoms with E-state index in [0.29, 0.717) is 46.7 Å². The predicted molar refractivity (Wildman–Crippen MR) is 135 cm³/mol. The summed E-state index contributed by atoms with van der Waals surface area (Å²) >= 11 is 1.33. The van der Waals surface area contributed by atoms with Gasteiger partial charge in [0.15, 0.2) is 11.8 Å². The van der Waals surface area contributed by atoms with E-state index in [1.165, 1.54) is 18.0 Å². The van der Waals surface area contributed by atoms with Crippen molar-refractivity contribution in [2.24, 2.45) is 16.6 Å². The van der Waals surface area contributed by atoms with Gasteiger partial charge in [-0.15, -0.1) is 0 Å². The molecular weight excluding hydrogens is 497 g/mol. The van der Waals surface area contributed by atoms with E-state index in [1.54, 1.807) is 38.0 Å². The molecule has 5 heterocycles. The van der Waals surface area contributed by atoms with Crippen LogP contribution in [0.1, 0.15) is 36.1 Å². The second-order valence-electron chi connectivity index (χ2n) is 9.28. The van der Waals surface area contributed by atoms with E-state index in [9.17, 15) is 4.39 Å². The lowest BCUT2D eigenvalue weighted by molar-refractivity contribution is 0.253. The molecule has 2 aliphatic rings. The number of pyridine rings is 2. The van der Waals surface area contributed by atoms with Gasteiger partial charge in [0.05, 0.1) is 41.0 Å². The molecule has 37 heavy (non-hydrogen) atoms. The van der Waals surface area contributed by atoms with E-state index < -0.39 is 17.0 Å². The third-order valence-electron chi connectivity index (χ3n) is 6.94. The molecule has 3 atom stereocenters. The van der Waals surface area contributed by atoms with Gasteiger partial charge in [0.2, 0.25) is 17.7 Å². The van der Waals surface area contributed by atoms with Crippen LogP contribution in [0.15, 0.2) is 52.6 Å². The number of aliphatic imine (C=N–C) groups is 1. The Bertz CT molecular complexity index is 1500. The number of amidine groups is 1. The lowest BCUT2D eigenvalue weighted by Crippen LogP contribution is -2.36. The van der Waals surface area contributed by atoms with Crippen LogP contribution < -0.4 is 15.2 Å². The van der Waals surface area contributed by atoms with Gasteiger partial charge in [0.25, 0.3) is 0 Å². The number of alkyl halides is 1. The zero-order valence-electron chi connectivity index (χ0n) is 20.2. The molecule has 0 spiro atoms. The Labute approximate surface area is 216 Å². The Morgan fingerprint density at radius 2 is 2.11 bits per heavy atom. The number of oxazole rings is 1. The van der Waals surface area contributed by atoms with Gasteiger partial charge in [0.1, 0.15) is 18.5 Å². The van der Waals surface area contributed by atoms with Crippen LogP contribution >= 0.6 is 11.8 Å². The van der Waals surface area contributed by atoms with Crippen LogP contribution in [-0.4, -0.2) is 48.6 Å². The van der Waals surface area contributed by atoms with Crippen LogP contribution in [0.3, 0.4) is 0 Å². The molecule has 0 saturated heterocycles. The molecule has 0 aromatic carbocycles. The Morgan fingerprint density at radius 1 is 1.22 bits per heavy atom. The zero-order chi connectivity index (χ0) is 25.6. The molecule has 6 rings (SSSR count). The largest absolute Gasteiger partial charge is 0.481 e. The molecule has 1 fully saturated rings. The first-order valence-corrected chi connectivity index (χ1v) is 12.5. The van der Waals surface area contributed by atoms with Gasteiger partial charge in [-0.25, -0.2) is 24.3 Å². The Hall–Kier alpha value is -3.80. The molecule has 0 radical (unpaired) electrons. The smallest absolute Gasteiger partial charge is 0.233 e. The fourth-order valence-corrected chi connectivity index (χ4v) is 6.35. The SMILES string of the molecule is COc1ncc(Cc2nccc3nc(OCc4ncco4)cnc23)cc1[C@@]1(C)N=C(N)S[C@@]2(CF)C[C@H]21. The lowest BCUT2D eigenvalue weighted by Gasteiger charge is -2.33. The molecule has 0 unspecified atom stereocenters. The Morgan fingerprint density at radius 3 is 2.89 bits per heavy atom. The average molecular weight is 522 g/mol. The van der Waals surface area contributed by atoms with Gasteiger partial charge in [-0.05, 0) is 31.0 Å². The summed E-state index contributed by atoms with van der Waals surface area (Å²) < 4.78 is 29.9. The predicted octanol–water partition coefficient (Wildman–Crippen LogP) is 3.59. The van der Waals surface area contributed by atoms with Crippen LogP contribution in [0.2, 0.25) is 0 Å². The van der Waals surface area contributed by atoms with Crippen LogP contribution in [0.5, 0.6) is 11.8 Å². The lowest BCUT2D eigenvalue weighted by atomic mass is 9.85. The van der Waals surface area contributed by atoms with Crippen LogP contribution in [0, 0.1) is 5.92 Å². The molecule has 12 heteroatoms. The maximum absolute atomic E-state index is 14.0. The molecule has 2 N–H and O–H groups in total. The van der Waals surface area contributed by atoms with Crippen molar-refractivity contribution < 1.29 is 18.3 Å². The number of rotatable bonds is 8. The van der Waals surface area contributed by atoms with Crippen molar-refractivity contribution in [3.63, 3.8) is 0 Å². The Kier molecular flexibility index (Phi) is 5.70. The van der Waals surface area contributed by atoms with Crippen molar-refractivity contribution >= 4 is 28.0 Å². The number of hydrogen-bond acceptors (Lipinski definition) is 11. The minimum atomic E-state index is -0.739. The summed E-state index contributed by atoms with van der Waals surface area (Å²) in [5, 5.41) is 0.383. The minimum Gasteiger partial charge on any atom is -0.481 e. The number of halogens is 1. The molecule has 1 aliphatic carbocycles. The van der Waals surface area contributed by atoms with Gasteiger partial charge in [-0.3, -0.25) is 9.98 Å². The topological polar surface area (TPSA) is 134 Å². The van der Waals surface area contributed by atoms with Gasteiger partial charge in [-0.1, -0.05) is 11.8 Å². The molecule has 0 amide bonds. The number of nitrogens with zero attached hydrogens (tertiary/aromatic N) is 6. The van der Waals surface area contributed by atoms with Gasteiger partial charge in [-0.2, -0.15) is 0 Å². The average Bonchev–Trinajstić information content (AvgIpc) is 3.41. The molecule has 0 bridgehead atoms. The quantitative estimate of drug-likeness (QED) is 0.366. The van der Waals surface area contributed by atoms with Gasteiger partial charge >= 0.3 is 0 Å². The van der Waals surface area contributed by atoms with Crippen molar-refractivity contribution in [1.29, 1.82) is 0 Å². The highest BCUT2D eigenvalue weighted by atomic mass is 32.2. The highest BCUT2D eigenvalue weighted by Crippen LogP contribution is 2.66. The van der Waals surface area contributed by atoms with E-state index in [2.05, 4.69) is 24.9 Å². The number of hydrogen-bond donors (Lipinski definition) is 1. The van der Waals surface area contributed by atoms with E-state index in [0.717, 1.165) is 16.8 Å². The first-order chi connectivity index (χ1) is 17.9. The summed E-state index contributed by atoms with van der Waals surface area (Å²) in [5.74, 6) is 1.26. The van der Waals surface area contributed by atoms with E-state index in [-0.39, 0.29) is 12.5 Å². The number of thioether (sulfide) groups is 1. The van der Waals surface area contributed by atoms with Crippen molar-refractivity contribution in [2.45, 2.75) is 36.7 Å². The van der Waals surface area contributed by atoms with E-state index in [4.69, 9.17) is 24.6 Å². The summed E-state index contributed by atoms with van der Waals surface area (Å²) in [4.78, 5) is 27.0. The van der Waals surface area contributed by atoms with Crippen LogP contribution in [0.4, 0.5) is 4.39 Å². The number of nitrogens with two attached hydrogens (primary N) is 1. The molecule has 190 valence electrons.